The van der Waals surface area contributed by atoms with Crippen molar-refractivity contribution in [2.45, 2.75) is 31.0 Å². The van der Waals surface area contributed by atoms with Gasteiger partial charge in [-0.15, -0.1) is 0 Å². The van der Waals surface area contributed by atoms with Gasteiger partial charge in [-0.1, -0.05) is 12.1 Å². The summed E-state index contributed by atoms with van der Waals surface area (Å²) in [5.74, 6) is -3.22. The number of rotatable bonds is 7. The molecule has 3 N–H and O–H groups in total. The normalized spacial score (nSPS) is 12.0. The zero-order chi connectivity index (χ0) is 23.4. The summed E-state index contributed by atoms with van der Waals surface area (Å²) < 4.78 is 78.1. The molecule has 0 fully saturated rings. The standard InChI is InChI=1S/C19H19F4N3O4S/c1-11(2)26-31(29,30)12-7-8-15(20)14(9-12)18(28)25-16-6-4-3-5-13(16)17(27)24-10-19(21,22)23/h3-9,11,26H,10H2,1-2H3,(H,24,27)(H,25,28). The zero-order valence-corrected chi connectivity index (χ0v) is 17.2. The minimum absolute atomic E-state index is 0.180. The van der Waals surface area contributed by atoms with Crippen LogP contribution in [0.25, 0.3) is 0 Å². The average molecular weight is 461 g/mol. The van der Waals surface area contributed by atoms with Gasteiger partial charge in [0.2, 0.25) is 10.0 Å². The lowest BCUT2D eigenvalue weighted by Crippen LogP contribution is -2.34. The molecular weight excluding hydrogens is 442 g/mol. The minimum atomic E-state index is -4.63. The monoisotopic (exact) mass is 461 g/mol. The van der Waals surface area contributed by atoms with Gasteiger partial charge in [0.25, 0.3) is 11.8 Å². The highest BCUT2D eigenvalue weighted by Crippen LogP contribution is 2.20. The second kappa shape index (κ2) is 9.43. The third-order valence-electron chi connectivity index (χ3n) is 3.75. The Labute approximate surface area is 175 Å². The molecule has 0 spiro atoms. The molecular formula is C19H19F4N3O4S. The fraction of sp³-hybridized carbons (Fsp3) is 0.263. The number of carbonyl (C=O) groups excluding carboxylic acids is 2. The number of amides is 2. The van der Waals surface area contributed by atoms with Gasteiger partial charge in [-0.2, -0.15) is 13.2 Å². The van der Waals surface area contributed by atoms with Crippen LogP contribution in [0.5, 0.6) is 0 Å². The van der Waals surface area contributed by atoms with E-state index in [1.165, 1.54) is 24.3 Å². The molecule has 7 nitrogen and oxygen atoms in total. The minimum Gasteiger partial charge on any atom is -0.343 e. The first-order valence-corrected chi connectivity index (χ1v) is 10.4. The number of hydrogen-bond donors (Lipinski definition) is 3. The molecule has 0 saturated carbocycles. The van der Waals surface area contributed by atoms with Crippen LogP contribution < -0.4 is 15.4 Å². The molecule has 2 aromatic rings. The van der Waals surface area contributed by atoms with E-state index in [1.54, 1.807) is 19.2 Å². The summed E-state index contributed by atoms with van der Waals surface area (Å²) in [5, 5.41) is 3.90. The maximum atomic E-state index is 14.2. The molecule has 0 aliphatic rings. The highest BCUT2D eigenvalue weighted by atomic mass is 32.2. The number of anilines is 1. The van der Waals surface area contributed by atoms with Gasteiger partial charge in [-0.05, 0) is 44.2 Å². The number of halogens is 4. The van der Waals surface area contributed by atoms with Crippen LogP contribution in [0, 0.1) is 5.82 Å². The molecule has 2 rings (SSSR count). The number of hydrogen-bond acceptors (Lipinski definition) is 4. The van der Waals surface area contributed by atoms with Crippen molar-refractivity contribution in [2.24, 2.45) is 0 Å². The van der Waals surface area contributed by atoms with Gasteiger partial charge in [0.15, 0.2) is 0 Å². The van der Waals surface area contributed by atoms with Crippen LogP contribution in [0.3, 0.4) is 0 Å². The molecule has 31 heavy (non-hydrogen) atoms. The number of carbonyl (C=O) groups is 2. The Bertz CT molecular complexity index is 1090. The van der Waals surface area contributed by atoms with Crippen molar-refractivity contribution in [3.63, 3.8) is 0 Å². The highest BCUT2D eigenvalue weighted by molar-refractivity contribution is 7.89. The highest BCUT2D eigenvalue weighted by Gasteiger charge is 2.28. The lowest BCUT2D eigenvalue weighted by molar-refractivity contribution is -0.123. The van der Waals surface area contributed by atoms with Gasteiger partial charge >= 0.3 is 6.18 Å². The van der Waals surface area contributed by atoms with Crippen LogP contribution in [0.15, 0.2) is 47.4 Å². The molecule has 0 unspecified atom stereocenters. The molecule has 0 atom stereocenters. The zero-order valence-electron chi connectivity index (χ0n) is 16.4. The summed E-state index contributed by atoms with van der Waals surface area (Å²) >= 11 is 0. The van der Waals surface area contributed by atoms with Crippen molar-refractivity contribution in [1.82, 2.24) is 10.0 Å². The summed E-state index contributed by atoms with van der Waals surface area (Å²) in [6, 6.07) is 7.32. The van der Waals surface area contributed by atoms with Crippen molar-refractivity contribution in [3.05, 3.63) is 59.4 Å². The molecule has 0 heterocycles. The Morgan fingerprint density at radius 2 is 1.65 bits per heavy atom. The van der Waals surface area contributed by atoms with E-state index in [2.05, 4.69) is 10.0 Å². The number of alkyl halides is 3. The molecule has 0 radical (unpaired) electrons. The Morgan fingerprint density at radius 1 is 1.00 bits per heavy atom. The molecule has 2 aromatic carbocycles. The van der Waals surface area contributed by atoms with Crippen LogP contribution >= 0.6 is 0 Å². The summed E-state index contributed by atoms with van der Waals surface area (Å²) in [6.07, 6.45) is -4.63. The molecule has 0 aromatic heterocycles. The Morgan fingerprint density at radius 3 is 2.26 bits per heavy atom. The molecule has 0 aliphatic carbocycles. The van der Waals surface area contributed by atoms with Crippen molar-refractivity contribution in [2.75, 3.05) is 11.9 Å². The molecule has 0 aliphatic heterocycles. The third-order valence-corrected chi connectivity index (χ3v) is 5.41. The van der Waals surface area contributed by atoms with E-state index in [9.17, 15) is 35.6 Å². The second-order valence-corrected chi connectivity index (χ2v) is 8.43. The first-order valence-electron chi connectivity index (χ1n) is 8.87. The van der Waals surface area contributed by atoms with Gasteiger partial charge in [0.05, 0.1) is 21.7 Å². The SMILES string of the molecule is CC(C)NS(=O)(=O)c1ccc(F)c(C(=O)Nc2ccccc2C(=O)NCC(F)(F)F)c1. The lowest BCUT2D eigenvalue weighted by atomic mass is 10.1. The van der Waals surface area contributed by atoms with E-state index in [1.807, 2.05) is 0 Å². The van der Waals surface area contributed by atoms with Crippen LogP contribution in [-0.2, 0) is 10.0 Å². The Balaban J connectivity index is 2.31. The number of benzene rings is 2. The summed E-state index contributed by atoms with van der Waals surface area (Å²) in [5.41, 5.74) is -1.09. The van der Waals surface area contributed by atoms with Crippen LogP contribution in [0.4, 0.5) is 23.2 Å². The van der Waals surface area contributed by atoms with Gasteiger partial charge in [0.1, 0.15) is 12.4 Å². The van der Waals surface area contributed by atoms with E-state index >= 15 is 0 Å². The van der Waals surface area contributed by atoms with Gasteiger partial charge in [-0.3, -0.25) is 9.59 Å². The van der Waals surface area contributed by atoms with Crippen molar-refractivity contribution < 1.29 is 35.6 Å². The Hall–Kier alpha value is -2.99. The molecule has 12 heteroatoms. The largest absolute Gasteiger partial charge is 0.405 e. The fourth-order valence-corrected chi connectivity index (χ4v) is 3.76. The molecule has 168 valence electrons. The summed E-state index contributed by atoms with van der Waals surface area (Å²) in [4.78, 5) is 24.3. The van der Waals surface area contributed by atoms with E-state index in [-0.39, 0.29) is 16.1 Å². The molecule has 0 bridgehead atoms. The number of nitrogens with one attached hydrogen (secondary N) is 3. The smallest absolute Gasteiger partial charge is 0.343 e. The predicted molar refractivity (Wildman–Crippen MR) is 105 cm³/mol. The number of para-hydroxylation sites is 1. The van der Waals surface area contributed by atoms with E-state index in [4.69, 9.17) is 0 Å². The maximum absolute atomic E-state index is 14.2. The topological polar surface area (TPSA) is 104 Å². The van der Waals surface area contributed by atoms with Crippen LogP contribution in [-0.4, -0.2) is 39.0 Å². The summed E-state index contributed by atoms with van der Waals surface area (Å²) in [7, 11) is -4.02. The van der Waals surface area contributed by atoms with Crippen LogP contribution in [0.2, 0.25) is 0 Å². The van der Waals surface area contributed by atoms with Crippen molar-refractivity contribution in [1.29, 1.82) is 0 Å². The van der Waals surface area contributed by atoms with Gasteiger partial charge in [0, 0.05) is 6.04 Å². The lowest BCUT2D eigenvalue weighted by Gasteiger charge is -2.14. The van der Waals surface area contributed by atoms with E-state index in [0.29, 0.717) is 0 Å². The third kappa shape index (κ3) is 6.76. The first kappa shape index (κ1) is 24.3. The predicted octanol–water partition coefficient (Wildman–Crippen LogP) is 3.06. The summed E-state index contributed by atoms with van der Waals surface area (Å²) in [6.45, 7) is 1.58. The quantitative estimate of drug-likeness (QED) is 0.552. The number of sulfonamides is 1. The molecule has 2 amide bonds. The van der Waals surface area contributed by atoms with Crippen LogP contribution in [0.1, 0.15) is 34.6 Å². The van der Waals surface area contributed by atoms with Crippen molar-refractivity contribution >= 4 is 27.5 Å². The van der Waals surface area contributed by atoms with Gasteiger partial charge < -0.3 is 10.6 Å². The maximum Gasteiger partial charge on any atom is 0.405 e. The second-order valence-electron chi connectivity index (χ2n) is 6.72. The van der Waals surface area contributed by atoms with Crippen molar-refractivity contribution in [3.8, 4) is 0 Å². The van der Waals surface area contributed by atoms with E-state index in [0.717, 1.165) is 18.2 Å². The van der Waals surface area contributed by atoms with E-state index < -0.39 is 52.0 Å². The average Bonchev–Trinajstić information content (AvgIpc) is 2.65. The van der Waals surface area contributed by atoms with Gasteiger partial charge in [-0.25, -0.2) is 17.5 Å². The first-order chi connectivity index (χ1) is 14.3. The fourth-order valence-electron chi connectivity index (χ4n) is 2.48. The Kier molecular flexibility index (Phi) is 7.39. The molecule has 0 saturated heterocycles.